The number of ether oxygens (including phenoxy) is 1. The lowest BCUT2D eigenvalue weighted by Crippen LogP contribution is -2.30. The molecular formula is C30H30N2O5. The van der Waals surface area contributed by atoms with E-state index in [4.69, 9.17) is 9.72 Å². The van der Waals surface area contributed by atoms with Crippen LogP contribution in [0.25, 0.3) is 22.2 Å². The molecule has 2 amide bonds. The Morgan fingerprint density at radius 3 is 2.30 bits per heavy atom. The van der Waals surface area contributed by atoms with Crippen LogP contribution >= 0.6 is 0 Å². The third-order valence-corrected chi connectivity index (χ3v) is 7.35. The molecule has 1 saturated carbocycles. The van der Waals surface area contributed by atoms with Crippen molar-refractivity contribution in [1.82, 2.24) is 4.98 Å². The molecule has 1 aliphatic heterocycles. The molecule has 0 N–H and O–H groups in total. The van der Waals surface area contributed by atoms with Crippen LogP contribution < -0.4 is 4.90 Å². The van der Waals surface area contributed by atoms with Gasteiger partial charge < -0.3 is 4.74 Å². The Balaban J connectivity index is 1.50. The summed E-state index contributed by atoms with van der Waals surface area (Å²) in [6.45, 7) is 5.02. The number of rotatable bonds is 5. The molecule has 2 fully saturated rings. The molecular weight excluding hydrogens is 468 g/mol. The largest absolute Gasteiger partial charge is 0.454 e. The number of Topliss-reactive ketones (excluding diaryl/α,β-unsaturated/α-hetero) is 1. The number of amides is 2. The number of esters is 1. The van der Waals surface area contributed by atoms with E-state index in [9.17, 15) is 19.2 Å². The van der Waals surface area contributed by atoms with Crippen molar-refractivity contribution >= 4 is 40.2 Å². The molecule has 37 heavy (non-hydrogen) atoms. The minimum absolute atomic E-state index is 0.133. The number of carbonyl (C=O) groups is 4. The summed E-state index contributed by atoms with van der Waals surface area (Å²) in [6, 6.07) is 16.0. The zero-order chi connectivity index (χ0) is 26.3. The van der Waals surface area contributed by atoms with Crippen LogP contribution in [-0.2, 0) is 19.1 Å². The average Bonchev–Trinajstić information content (AvgIpc) is 3.15. The number of aromatic nitrogens is 1. The molecule has 0 unspecified atom stereocenters. The fourth-order valence-electron chi connectivity index (χ4n) is 5.14. The average molecular weight is 499 g/mol. The van der Waals surface area contributed by atoms with Crippen LogP contribution in [-0.4, -0.2) is 35.2 Å². The van der Waals surface area contributed by atoms with E-state index in [1.54, 1.807) is 57.2 Å². The van der Waals surface area contributed by atoms with E-state index in [0.29, 0.717) is 33.4 Å². The third-order valence-electron chi connectivity index (χ3n) is 7.35. The first kappa shape index (κ1) is 24.8. The smallest absolute Gasteiger partial charge is 0.339 e. The van der Waals surface area contributed by atoms with Gasteiger partial charge >= 0.3 is 5.97 Å². The van der Waals surface area contributed by atoms with Crippen LogP contribution in [0.5, 0.6) is 0 Å². The molecule has 0 bridgehead atoms. The second kappa shape index (κ2) is 9.54. The van der Waals surface area contributed by atoms with E-state index in [0.717, 1.165) is 25.7 Å². The molecule has 2 aliphatic rings. The van der Waals surface area contributed by atoms with Crippen LogP contribution in [0.4, 0.5) is 5.69 Å². The zero-order valence-electron chi connectivity index (χ0n) is 21.3. The lowest BCUT2D eigenvalue weighted by Gasteiger charge is -2.19. The van der Waals surface area contributed by atoms with Crippen molar-refractivity contribution < 1.29 is 23.9 Å². The number of hydrogen-bond acceptors (Lipinski definition) is 6. The molecule has 1 aromatic heterocycles. The van der Waals surface area contributed by atoms with Gasteiger partial charge in [0.25, 0.3) is 0 Å². The Labute approximate surface area is 215 Å². The van der Waals surface area contributed by atoms with Crippen molar-refractivity contribution in [1.29, 1.82) is 0 Å². The quantitative estimate of drug-likeness (QED) is 0.348. The Kier molecular flexibility index (Phi) is 6.40. The maximum absolute atomic E-state index is 13.1. The highest BCUT2D eigenvalue weighted by Crippen LogP contribution is 2.40. The molecule has 3 aromatic rings. The highest BCUT2D eigenvalue weighted by atomic mass is 16.5. The Hall–Kier alpha value is -3.87. The van der Waals surface area contributed by atoms with Gasteiger partial charge in [0.15, 0.2) is 12.4 Å². The highest BCUT2D eigenvalue weighted by Gasteiger charge is 2.48. The predicted octanol–water partition coefficient (Wildman–Crippen LogP) is 5.35. The summed E-state index contributed by atoms with van der Waals surface area (Å²) in [5, 5.41) is 0.615. The zero-order valence-corrected chi connectivity index (χ0v) is 21.3. The lowest BCUT2D eigenvalue weighted by molar-refractivity contribution is -0.129. The molecule has 2 atom stereocenters. The molecule has 1 saturated heterocycles. The lowest BCUT2D eigenvalue weighted by atomic mass is 9.81. The van der Waals surface area contributed by atoms with Gasteiger partial charge in [0.2, 0.25) is 11.8 Å². The second-order valence-corrected chi connectivity index (χ2v) is 10.9. The maximum Gasteiger partial charge on any atom is 0.339 e. The minimum Gasteiger partial charge on any atom is -0.454 e. The van der Waals surface area contributed by atoms with Crippen LogP contribution in [0.3, 0.4) is 0 Å². The topological polar surface area (TPSA) is 93.6 Å². The molecule has 1 aliphatic carbocycles. The number of nitrogens with zero attached hydrogens (tertiary/aromatic N) is 2. The van der Waals surface area contributed by atoms with E-state index in [1.807, 2.05) is 18.2 Å². The van der Waals surface area contributed by atoms with Gasteiger partial charge in [-0.1, -0.05) is 63.9 Å². The van der Waals surface area contributed by atoms with Gasteiger partial charge in [-0.15, -0.1) is 0 Å². The number of pyridine rings is 1. The van der Waals surface area contributed by atoms with Gasteiger partial charge in [-0.2, -0.15) is 0 Å². The van der Waals surface area contributed by atoms with Gasteiger partial charge in [0, 0.05) is 16.4 Å². The molecule has 2 aromatic carbocycles. The third kappa shape index (κ3) is 4.66. The van der Waals surface area contributed by atoms with Crippen molar-refractivity contribution in [2.24, 2.45) is 17.3 Å². The summed E-state index contributed by atoms with van der Waals surface area (Å²) in [4.78, 5) is 57.7. The van der Waals surface area contributed by atoms with Crippen molar-refractivity contribution in [3.05, 3.63) is 60.2 Å². The van der Waals surface area contributed by atoms with Crippen LogP contribution in [0.15, 0.2) is 54.6 Å². The number of carbonyl (C=O) groups excluding carboxylic acids is 4. The molecule has 0 spiro atoms. The summed E-state index contributed by atoms with van der Waals surface area (Å²) in [6.07, 6.45) is 3.44. The molecule has 5 rings (SSSR count). The monoisotopic (exact) mass is 498 g/mol. The first-order chi connectivity index (χ1) is 17.6. The number of hydrogen-bond donors (Lipinski definition) is 0. The number of imide groups is 1. The van der Waals surface area contributed by atoms with Gasteiger partial charge in [-0.25, -0.2) is 9.78 Å². The van der Waals surface area contributed by atoms with Gasteiger partial charge in [0.05, 0.1) is 34.3 Å². The first-order valence-corrected chi connectivity index (χ1v) is 12.7. The number of fused-ring (bicyclic) bond motifs is 2. The summed E-state index contributed by atoms with van der Waals surface area (Å²) in [5.74, 6) is -1.52. The summed E-state index contributed by atoms with van der Waals surface area (Å²) in [7, 11) is 0. The Morgan fingerprint density at radius 2 is 1.62 bits per heavy atom. The molecule has 2 heterocycles. The normalized spacial score (nSPS) is 19.7. The second-order valence-electron chi connectivity index (χ2n) is 10.9. The predicted molar refractivity (Wildman–Crippen MR) is 140 cm³/mol. The first-order valence-electron chi connectivity index (χ1n) is 12.7. The molecule has 190 valence electrons. The SMILES string of the molecule is CC(C)(C)C(=O)COC(=O)c1cc(-c2cccc(N3C(=O)[C@H]4CCCC[C@@H]4C3=O)c2)nc2ccccc12. The van der Waals surface area contributed by atoms with Crippen molar-refractivity contribution in [2.45, 2.75) is 46.5 Å². The van der Waals surface area contributed by atoms with Gasteiger partial charge in [-0.05, 0) is 37.1 Å². The number of ketones is 1. The van der Waals surface area contributed by atoms with E-state index < -0.39 is 11.4 Å². The Bertz CT molecular complexity index is 1400. The van der Waals surface area contributed by atoms with Crippen molar-refractivity contribution in [2.75, 3.05) is 11.5 Å². The van der Waals surface area contributed by atoms with Crippen LogP contribution in [0.2, 0.25) is 0 Å². The summed E-state index contributed by atoms with van der Waals surface area (Å²) >= 11 is 0. The molecule has 7 nitrogen and oxygen atoms in total. The number of anilines is 1. The van der Waals surface area contributed by atoms with E-state index >= 15 is 0 Å². The summed E-state index contributed by atoms with van der Waals surface area (Å²) in [5.41, 5.74) is 1.96. The number of para-hydroxylation sites is 1. The van der Waals surface area contributed by atoms with Gasteiger partial charge in [-0.3, -0.25) is 19.3 Å². The maximum atomic E-state index is 13.1. The van der Waals surface area contributed by atoms with Crippen LogP contribution in [0, 0.1) is 17.3 Å². The Morgan fingerprint density at radius 1 is 0.946 bits per heavy atom. The number of benzene rings is 2. The van der Waals surface area contributed by atoms with Crippen molar-refractivity contribution in [3.8, 4) is 11.3 Å². The standard InChI is InChI=1S/C30H30N2O5/c1-30(2,3)26(33)17-37-29(36)23-16-25(31-24-14-7-6-11-20(23)24)18-9-8-10-19(15-18)32-27(34)21-12-4-5-13-22(21)28(32)35/h6-11,14-16,21-22H,4-5,12-13,17H2,1-3H3/t21-,22-/m0/s1. The summed E-state index contributed by atoms with van der Waals surface area (Å²) < 4.78 is 5.39. The van der Waals surface area contributed by atoms with E-state index in [1.165, 1.54) is 4.90 Å². The fraction of sp³-hybridized carbons (Fsp3) is 0.367. The fourth-order valence-corrected chi connectivity index (χ4v) is 5.14. The molecule has 0 radical (unpaired) electrons. The van der Waals surface area contributed by atoms with E-state index in [-0.39, 0.29) is 36.0 Å². The van der Waals surface area contributed by atoms with E-state index in [2.05, 4.69) is 0 Å². The van der Waals surface area contributed by atoms with Gasteiger partial charge in [0.1, 0.15) is 0 Å². The van der Waals surface area contributed by atoms with Crippen LogP contribution in [0.1, 0.15) is 56.8 Å². The molecule has 7 heteroatoms. The highest BCUT2D eigenvalue weighted by molar-refractivity contribution is 6.22. The van der Waals surface area contributed by atoms with Crippen molar-refractivity contribution in [3.63, 3.8) is 0 Å². The minimum atomic E-state index is -0.617.